The van der Waals surface area contributed by atoms with E-state index in [0.29, 0.717) is 29.1 Å². The molecule has 2 rings (SSSR count). The Kier molecular flexibility index (Phi) is 4.35. The van der Waals surface area contributed by atoms with Crippen molar-refractivity contribution in [2.24, 2.45) is 0 Å². The zero-order valence-electron chi connectivity index (χ0n) is 11.5. The molecule has 0 spiro atoms. The lowest BCUT2D eigenvalue weighted by molar-refractivity contribution is -0.118. The second kappa shape index (κ2) is 5.85. The smallest absolute Gasteiger partial charge is 0.242 e. The number of ketones is 1. The third-order valence-corrected chi connectivity index (χ3v) is 4.95. The van der Waals surface area contributed by atoms with E-state index in [2.05, 4.69) is 0 Å². The molecule has 1 N–H and O–H groups in total. The molecule has 0 radical (unpaired) electrons. The van der Waals surface area contributed by atoms with Crippen molar-refractivity contribution >= 4 is 28.2 Å². The van der Waals surface area contributed by atoms with Crippen LogP contribution >= 0.6 is 0 Å². The highest BCUT2D eigenvalue weighted by molar-refractivity contribution is 7.86. The van der Waals surface area contributed by atoms with E-state index in [1.165, 1.54) is 6.92 Å². The number of benzene rings is 1. The number of carbonyl (C=O) groups excluding carboxylic acids is 2. The van der Waals surface area contributed by atoms with Crippen molar-refractivity contribution in [3.63, 3.8) is 0 Å². The fourth-order valence-corrected chi connectivity index (χ4v) is 3.52. The van der Waals surface area contributed by atoms with Gasteiger partial charge in [0, 0.05) is 18.7 Å². The van der Waals surface area contributed by atoms with Crippen molar-refractivity contribution in [2.45, 2.75) is 30.4 Å². The molecule has 20 heavy (non-hydrogen) atoms. The van der Waals surface area contributed by atoms with Crippen LogP contribution < -0.4 is 4.90 Å². The summed E-state index contributed by atoms with van der Waals surface area (Å²) in [5.74, 6) is -0.309. The minimum absolute atomic E-state index is 0.0118. The average Bonchev–Trinajstić information content (AvgIpc) is 2.44. The van der Waals surface area contributed by atoms with Crippen molar-refractivity contribution < 1.29 is 18.9 Å². The number of Topliss-reactive ketones (excluding diaryl/α,β-unsaturated/α-hetero) is 1. The first kappa shape index (κ1) is 14.9. The molecule has 2 atom stereocenters. The third-order valence-electron chi connectivity index (χ3n) is 3.35. The molecule has 6 heteroatoms. The van der Waals surface area contributed by atoms with Crippen LogP contribution in [0.3, 0.4) is 0 Å². The minimum atomic E-state index is -1.45. The molecule has 0 fully saturated rings. The number of carbonyl (C=O) groups is 2. The van der Waals surface area contributed by atoms with Gasteiger partial charge in [0.25, 0.3) is 0 Å². The predicted octanol–water partition coefficient (Wildman–Crippen LogP) is 1.11. The number of aliphatic hydroxyl groups excluding tert-OH is 1. The number of anilines is 1. The van der Waals surface area contributed by atoms with E-state index in [9.17, 15) is 13.8 Å². The first-order valence-electron chi connectivity index (χ1n) is 6.45. The Morgan fingerprint density at radius 1 is 1.45 bits per heavy atom. The molecule has 0 saturated heterocycles. The Morgan fingerprint density at radius 3 is 2.75 bits per heavy atom. The zero-order valence-corrected chi connectivity index (χ0v) is 12.3. The molecule has 1 aliphatic heterocycles. The summed E-state index contributed by atoms with van der Waals surface area (Å²) in [5, 5.41) is 8.29. The van der Waals surface area contributed by atoms with Crippen LogP contribution in [0.2, 0.25) is 0 Å². The second-order valence-electron chi connectivity index (χ2n) is 4.75. The van der Waals surface area contributed by atoms with Crippen LogP contribution in [0.5, 0.6) is 0 Å². The summed E-state index contributed by atoms with van der Waals surface area (Å²) < 4.78 is 12.3. The van der Waals surface area contributed by atoms with Gasteiger partial charge in [-0.3, -0.25) is 13.8 Å². The normalized spacial score (nSPS) is 21.8. The van der Waals surface area contributed by atoms with Crippen molar-refractivity contribution in [3.05, 3.63) is 23.8 Å². The summed E-state index contributed by atoms with van der Waals surface area (Å²) in [6, 6.07) is 4.89. The van der Waals surface area contributed by atoms with Crippen LogP contribution in [0.25, 0.3) is 0 Å². The van der Waals surface area contributed by atoms with Crippen LogP contribution in [0.15, 0.2) is 23.1 Å². The van der Waals surface area contributed by atoms with E-state index in [-0.39, 0.29) is 18.3 Å². The molecule has 2 unspecified atom stereocenters. The van der Waals surface area contributed by atoms with Crippen molar-refractivity contribution in [1.82, 2.24) is 0 Å². The standard InChI is InChI=1S/C14H17NO4S/c1-9(17)11-4-5-12-13(8-11)20(19)10(2)14(18)15(12)6-3-7-16/h4-5,8,10,16H,3,6-7H2,1-2H3. The van der Waals surface area contributed by atoms with Gasteiger partial charge in [-0.1, -0.05) is 0 Å². The van der Waals surface area contributed by atoms with Gasteiger partial charge in [0.1, 0.15) is 5.25 Å². The topological polar surface area (TPSA) is 74.7 Å². The fourth-order valence-electron chi connectivity index (χ4n) is 2.20. The van der Waals surface area contributed by atoms with Gasteiger partial charge in [-0.25, -0.2) is 0 Å². The maximum Gasteiger partial charge on any atom is 0.242 e. The lowest BCUT2D eigenvalue weighted by Crippen LogP contribution is -2.45. The Hall–Kier alpha value is -1.53. The Bertz CT molecular complexity index is 585. The molecular formula is C14H17NO4S. The van der Waals surface area contributed by atoms with Gasteiger partial charge in [0.05, 0.1) is 21.4 Å². The van der Waals surface area contributed by atoms with Gasteiger partial charge in [0.15, 0.2) is 5.78 Å². The molecule has 1 heterocycles. The molecule has 1 aliphatic rings. The number of amides is 1. The largest absolute Gasteiger partial charge is 0.396 e. The number of rotatable bonds is 4. The van der Waals surface area contributed by atoms with Crippen molar-refractivity contribution in [2.75, 3.05) is 18.1 Å². The highest BCUT2D eigenvalue weighted by atomic mass is 32.2. The summed E-state index contributed by atoms with van der Waals surface area (Å²) in [7, 11) is -1.45. The summed E-state index contributed by atoms with van der Waals surface area (Å²) in [6.45, 7) is 3.44. The maximum absolute atomic E-state index is 12.3. The van der Waals surface area contributed by atoms with Crippen LogP contribution in [-0.2, 0) is 15.6 Å². The number of aliphatic hydroxyl groups is 1. The molecule has 5 nitrogen and oxygen atoms in total. The summed E-state index contributed by atoms with van der Waals surface area (Å²) >= 11 is 0. The zero-order chi connectivity index (χ0) is 14.9. The van der Waals surface area contributed by atoms with Gasteiger partial charge in [-0.2, -0.15) is 0 Å². The molecular weight excluding hydrogens is 278 g/mol. The van der Waals surface area contributed by atoms with E-state index in [1.54, 1.807) is 30.0 Å². The maximum atomic E-state index is 12.3. The molecule has 1 aromatic rings. The number of nitrogens with zero attached hydrogens (tertiary/aromatic N) is 1. The SMILES string of the molecule is CC(=O)c1ccc2c(c1)S(=O)C(C)C(=O)N2CCCO. The monoisotopic (exact) mass is 295 g/mol. The molecule has 0 aromatic heterocycles. The molecule has 0 saturated carbocycles. The van der Waals surface area contributed by atoms with Crippen LogP contribution in [0.1, 0.15) is 30.6 Å². The second-order valence-corrected chi connectivity index (χ2v) is 6.49. The minimum Gasteiger partial charge on any atom is -0.396 e. The predicted molar refractivity (Wildman–Crippen MR) is 76.4 cm³/mol. The Morgan fingerprint density at radius 2 is 2.15 bits per heavy atom. The van der Waals surface area contributed by atoms with Crippen molar-refractivity contribution in [1.29, 1.82) is 0 Å². The van der Waals surface area contributed by atoms with E-state index in [4.69, 9.17) is 5.11 Å². The van der Waals surface area contributed by atoms with Crippen molar-refractivity contribution in [3.8, 4) is 0 Å². The number of hydrogen-bond acceptors (Lipinski definition) is 4. The number of hydrogen-bond donors (Lipinski definition) is 1. The first-order chi connectivity index (χ1) is 9.47. The third kappa shape index (κ3) is 2.53. The summed E-state index contributed by atoms with van der Waals surface area (Å²) in [5.41, 5.74) is 1.06. The first-order valence-corrected chi connectivity index (χ1v) is 7.66. The molecule has 1 aromatic carbocycles. The number of fused-ring (bicyclic) bond motifs is 1. The van der Waals surface area contributed by atoms with Crippen LogP contribution in [-0.4, -0.2) is 39.4 Å². The molecule has 1 amide bonds. The van der Waals surface area contributed by atoms with E-state index < -0.39 is 16.0 Å². The highest BCUT2D eigenvalue weighted by Gasteiger charge is 2.35. The average molecular weight is 295 g/mol. The molecule has 0 bridgehead atoms. The van der Waals surface area contributed by atoms with E-state index in [1.807, 2.05) is 0 Å². The highest BCUT2D eigenvalue weighted by Crippen LogP contribution is 2.33. The Labute approximate surface area is 120 Å². The van der Waals surface area contributed by atoms with Gasteiger partial charge in [0.2, 0.25) is 5.91 Å². The lowest BCUT2D eigenvalue weighted by atomic mass is 10.1. The van der Waals surface area contributed by atoms with Gasteiger partial charge in [-0.05, 0) is 38.5 Å². The molecule has 108 valence electrons. The van der Waals surface area contributed by atoms with Crippen LogP contribution in [0, 0.1) is 0 Å². The van der Waals surface area contributed by atoms with E-state index >= 15 is 0 Å². The van der Waals surface area contributed by atoms with Gasteiger partial charge >= 0.3 is 0 Å². The lowest BCUT2D eigenvalue weighted by Gasteiger charge is -2.32. The van der Waals surface area contributed by atoms with E-state index in [0.717, 1.165) is 0 Å². The van der Waals surface area contributed by atoms with Crippen LogP contribution in [0.4, 0.5) is 5.69 Å². The van der Waals surface area contributed by atoms with Gasteiger partial charge in [-0.15, -0.1) is 0 Å². The Balaban J connectivity index is 2.50. The summed E-state index contributed by atoms with van der Waals surface area (Å²) in [6.07, 6.45) is 0.457. The quantitative estimate of drug-likeness (QED) is 0.845. The fraction of sp³-hybridized carbons (Fsp3) is 0.429. The molecule has 0 aliphatic carbocycles. The summed E-state index contributed by atoms with van der Waals surface area (Å²) in [4.78, 5) is 25.7. The van der Waals surface area contributed by atoms with Gasteiger partial charge < -0.3 is 10.0 Å².